The van der Waals surface area contributed by atoms with Gasteiger partial charge in [-0.3, -0.25) is 9.69 Å². The van der Waals surface area contributed by atoms with E-state index in [4.69, 9.17) is 0 Å². The number of ketones is 1. The van der Waals surface area contributed by atoms with Gasteiger partial charge in [-0.15, -0.1) is 0 Å². The highest BCUT2D eigenvalue weighted by Crippen LogP contribution is 2.24. The summed E-state index contributed by atoms with van der Waals surface area (Å²) in [4.78, 5) is 13.7. The zero-order valence-corrected chi connectivity index (χ0v) is 12.2. The molecule has 3 nitrogen and oxygen atoms in total. The van der Waals surface area contributed by atoms with E-state index in [9.17, 15) is 9.90 Å². The van der Waals surface area contributed by atoms with Crippen LogP contribution >= 0.6 is 0 Å². The molecule has 0 spiro atoms. The quantitative estimate of drug-likeness (QED) is 0.879. The molecule has 1 heterocycles. The second-order valence-electron chi connectivity index (χ2n) is 5.67. The van der Waals surface area contributed by atoms with Crippen molar-refractivity contribution in [1.82, 2.24) is 4.90 Å². The first-order chi connectivity index (χ1) is 10.1. The summed E-state index contributed by atoms with van der Waals surface area (Å²) in [5.74, 6) is 0.454. The molecule has 21 heavy (non-hydrogen) atoms. The molecule has 1 aliphatic rings. The van der Waals surface area contributed by atoms with Gasteiger partial charge in [0.05, 0.1) is 0 Å². The normalized spacial score (nSPS) is 14.7. The largest absolute Gasteiger partial charge is 0.508 e. The highest BCUT2D eigenvalue weighted by molar-refractivity contribution is 5.93. The second kappa shape index (κ2) is 5.70. The van der Waals surface area contributed by atoms with Gasteiger partial charge in [-0.05, 0) is 42.2 Å². The minimum atomic E-state index is 0.105. The van der Waals surface area contributed by atoms with E-state index >= 15 is 0 Å². The van der Waals surface area contributed by atoms with Crippen LogP contribution in [-0.2, 0) is 19.5 Å². The van der Waals surface area contributed by atoms with E-state index in [0.29, 0.717) is 5.75 Å². The van der Waals surface area contributed by atoms with Gasteiger partial charge in [0.2, 0.25) is 0 Å². The summed E-state index contributed by atoms with van der Waals surface area (Å²) >= 11 is 0. The van der Waals surface area contributed by atoms with Crippen LogP contribution in [0.4, 0.5) is 0 Å². The molecular formula is C18H19NO2. The number of phenols is 1. The smallest absolute Gasteiger partial charge is 0.159 e. The van der Waals surface area contributed by atoms with Crippen LogP contribution in [0.15, 0.2) is 42.5 Å². The maximum absolute atomic E-state index is 11.3. The predicted molar refractivity (Wildman–Crippen MR) is 82.4 cm³/mol. The molecule has 3 rings (SSSR count). The van der Waals surface area contributed by atoms with Gasteiger partial charge in [-0.1, -0.05) is 30.3 Å². The number of carbonyl (C=O) groups excluding carboxylic acids is 1. The minimum Gasteiger partial charge on any atom is -0.508 e. The molecule has 2 aromatic carbocycles. The molecule has 0 aromatic heterocycles. The van der Waals surface area contributed by atoms with Crippen LogP contribution in [0.5, 0.6) is 5.75 Å². The number of phenolic OH excluding ortho intramolecular Hbond substituents is 1. The molecule has 0 bridgehead atoms. The lowest BCUT2D eigenvalue weighted by atomic mass is 9.99. The Bertz CT molecular complexity index is 661. The van der Waals surface area contributed by atoms with Gasteiger partial charge >= 0.3 is 0 Å². The van der Waals surface area contributed by atoms with Crippen LogP contribution in [0, 0.1) is 0 Å². The van der Waals surface area contributed by atoms with E-state index < -0.39 is 0 Å². The summed E-state index contributed by atoms with van der Waals surface area (Å²) in [6.45, 7) is 4.37. The summed E-state index contributed by atoms with van der Waals surface area (Å²) in [6.07, 6.45) is 0.968. The summed E-state index contributed by atoms with van der Waals surface area (Å²) in [6, 6.07) is 13.5. The zero-order valence-electron chi connectivity index (χ0n) is 12.2. The fourth-order valence-electron chi connectivity index (χ4n) is 2.84. The van der Waals surface area contributed by atoms with Crippen molar-refractivity contribution in [2.24, 2.45) is 0 Å². The molecule has 0 aliphatic carbocycles. The van der Waals surface area contributed by atoms with Crippen LogP contribution in [0.2, 0.25) is 0 Å². The standard InChI is InChI=1S/C18H19NO2/c1-13(20)15-4-2-14(3-5-15)11-19-9-8-16-10-18(21)7-6-17(16)12-19/h2-7,10,21H,8-9,11-12H2,1H3. The summed E-state index contributed by atoms with van der Waals surface area (Å²) in [5, 5.41) is 9.52. The maximum atomic E-state index is 11.3. The SMILES string of the molecule is CC(=O)c1ccc(CN2CCc3cc(O)ccc3C2)cc1. The topological polar surface area (TPSA) is 40.5 Å². The van der Waals surface area contributed by atoms with Crippen LogP contribution in [-0.4, -0.2) is 22.3 Å². The average Bonchev–Trinajstić information content (AvgIpc) is 2.48. The Labute approximate surface area is 124 Å². The fourth-order valence-corrected chi connectivity index (χ4v) is 2.84. The molecule has 2 aromatic rings. The summed E-state index contributed by atoms with van der Waals surface area (Å²) in [5.41, 5.74) is 4.53. The Morgan fingerprint density at radius 3 is 2.62 bits per heavy atom. The molecule has 1 N–H and O–H groups in total. The van der Waals surface area contributed by atoms with E-state index in [1.807, 2.05) is 36.4 Å². The van der Waals surface area contributed by atoms with Gasteiger partial charge < -0.3 is 5.11 Å². The van der Waals surface area contributed by atoms with E-state index in [0.717, 1.165) is 31.6 Å². The van der Waals surface area contributed by atoms with Crippen molar-refractivity contribution in [1.29, 1.82) is 0 Å². The van der Waals surface area contributed by atoms with Crippen molar-refractivity contribution in [2.45, 2.75) is 26.4 Å². The molecule has 0 atom stereocenters. The number of carbonyl (C=O) groups is 1. The van der Waals surface area contributed by atoms with Gasteiger partial charge in [0.25, 0.3) is 0 Å². The van der Waals surface area contributed by atoms with Crippen molar-refractivity contribution in [2.75, 3.05) is 6.54 Å². The first-order valence-corrected chi connectivity index (χ1v) is 7.25. The lowest BCUT2D eigenvalue weighted by molar-refractivity contribution is 0.101. The number of Topliss-reactive ketones (excluding diaryl/α,β-unsaturated/α-hetero) is 1. The molecule has 0 saturated heterocycles. The first kappa shape index (κ1) is 13.8. The van der Waals surface area contributed by atoms with Crippen molar-refractivity contribution in [3.05, 3.63) is 64.7 Å². The van der Waals surface area contributed by atoms with Gasteiger partial charge in [-0.25, -0.2) is 0 Å². The van der Waals surface area contributed by atoms with Crippen LogP contribution < -0.4 is 0 Å². The Hall–Kier alpha value is -2.13. The van der Waals surface area contributed by atoms with Crippen molar-refractivity contribution < 1.29 is 9.90 Å². The predicted octanol–water partition coefficient (Wildman–Crippen LogP) is 3.15. The van der Waals surface area contributed by atoms with Crippen molar-refractivity contribution >= 4 is 5.78 Å². The molecular weight excluding hydrogens is 262 g/mol. The lowest BCUT2D eigenvalue weighted by Gasteiger charge is -2.28. The van der Waals surface area contributed by atoms with Gasteiger partial charge in [0, 0.05) is 25.2 Å². The van der Waals surface area contributed by atoms with Gasteiger partial charge in [0.1, 0.15) is 5.75 Å². The molecule has 0 saturated carbocycles. The maximum Gasteiger partial charge on any atom is 0.159 e. The molecule has 108 valence electrons. The van der Waals surface area contributed by atoms with E-state index in [1.165, 1.54) is 16.7 Å². The number of nitrogens with zero attached hydrogens (tertiary/aromatic N) is 1. The Balaban J connectivity index is 1.69. The molecule has 0 amide bonds. The zero-order chi connectivity index (χ0) is 14.8. The Morgan fingerprint density at radius 1 is 1.14 bits per heavy atom. The lowest BCUT2D eigenvalue weighted by Crippen LogP contribution is -2.29. The van der Waals surface area contributed by atoms with Crippen LogP contribution in [0.25, 0.3) is 0 Å². The molecule has 0 radical (unpaired) electrons. The van der Waals surface area contributed by atoms with E-state index in [-0.39, 0.29) is 5.78 Å². The number of benzene rings is 2. The average molecular weight is 281 g/mol. The third kappa shape index (κ3) is 3.14. The number of fused-ring (bicyclic) bond motifs is 1. The number of rotatable bonds is 3. The van der Waals surface area contributed by atoms with E-state index in [2.05, 4.69) is 4.90 Å². The number of aromatic hydroxyl groups is 1. The monoisotopic (exact) mass is 281 g/mol. The van der Waals surface area contributed by atoms with Crippen LogP contribution in [0.3, 0.4) is 0 Å². The van der Waals surface area contributed by atoms with E-state index in [1.54, 1.807) is 13.0 Å². The number of hydrogen-bond donors (Lipinski definition) is 1. The molecule has 3 heteroatoms. The van der Waals surface area contributed by atoms with Crippen molar-refractivity contribution in [3.63, 3.8) is 0 Å². The third-order valence-corrected chi connectivity index (χ3v) is 4.05. The van der Waals surface area contributed by atoms with Crippen molar-refractivity contribution in [3.8, 4) is 5.75 Å². The second-order valence-corrected chi connectivity index (χ2v) is 5.67. The molecule has 1 aliphatic heterocycles. The Morgan fingerprint density at radius 2 is 1.90 bits per heavy atom. The molecule has 0 unspecified atom stereocenters. The fraction of sp³-hybridized carbons (Fsp3) is 0.278. The number of hydrogen-bond acceptors (Lipinski definition) is 3. The summed E-state index contributed by atoms with van der Waals surface area (Å²) in [7, 11) is 0. The van der Waals surface area contributed by atoms with Crippen LogP contribution in [0.1, 0.15) is 34.0 Å². The highest BCUT2D eigenvalue weighted by Gasteiger charge is 2.16. The minimum absolute atomic E-state index is 0.105. The van der Waals surface area contributed by atoms with Gasteiger partial charge in [-0.2, -0.15) is 0 Å². The first-order valence-electron chi connectivity index (χ1n) is 7.25. The molecule has 0 fully saturated rings. The third-order valence-electron chi connectivity index (χ3n) is 4.05. The Kier molecular flexibility index (Phi) is 3.76. The summed E-state index contributed by atoms with van der Waals surface area (Å²) < 4.78 is 0. The van der Waals surface area contributed by atoms with Gasteiger partial charge in [0.15, 0.2) is 5.78 Å². The highest BCUT2D eigenvalue weighted by atomic mass is 16.3.